The van der Waals surface area contributed by atoms with E-state index in [0.717, 1.165) is 120 Å². The smallest absolute Gasteiger partial charge is 0.279 e. The van der Waals surface area contributed by atoms with Gasteiger partial charge in [-0.25, -0.2) is 44.9 Å². The van der Waals surface area contributed by atoms with Crippen molar-refractivity contribution in [3.05, 3.63) is 157 Å². The van der Waals surface area contributed by atoms with Crippen LogP contribution in [0.25, 0.3) is 0 Å². The molecule has 0 aliphatic carbocycles. The van der Waals surface area contributed by atoms with Crippen LogP contribution in [0.1, 0.15) is 95.5 Å². The number of thiazole rings is 4. The molecule has 6 amide bonds. The van der Waals surface area contributed by atoms with Crippen molar-refractivity contribution in [3.8, 4) is 11.5 Å². The van der Waals surface area contributed by atoms with Crippen molar-refractivity contribution >= 4 is 205 Å². The summed E-state index contributed by atoms with van der Waals surface area (Å²) in [7, 11) is 23.3. The summed E-state index contributed by atoms with van der Waals surface area (Å²) in [5, 5.41) is 24.7. The lowest BCUT2D eigenvalue weighted by atomic mass is 9.99. The Morgan fingerprint density at radius 3 is 1.29 bits per heavy atom. The van der Waals surface area contributed by atoms with Gasteiger partial charge in [0.1, 0.15) is 60.1 Å². The Morgan fingerprint density at radius 1 is 0.408 bits per heavy atom. The van der Waals surface area contributed by atoms with Crippen LogP contribution in [0, 0.1) is 27.7 Å². The first kappa shape index (κ1) is 84.8. The van der Waals surface area contributed by atoms with Crippen LogP contribution in [0.2, 0.25) is 0 Å². The SMILES string of the molecule is CNC(=O)c1ccc(Nc2ncc3c(n2)N(C)c2sc(C)nc2C(=O)N3C)c(OC)c1.COc1cc2c(cc1Nc1ncc3c(n1)N(C)c1sc(C)nc1C(=O)N3C)CN(C)CC2.Cc1nc2c(s1)N(C)c1nc(Nc3ccc(N4CCN(C)CC4)cn3)ncc1N(C)C2=O.Cc1nc2c(s1)N(C)c1nc(Nc3ccc4c(c3)CCC(=O)N4)ncc1N(C)C2=O. The quantitative estimate of drug-likeness (QED) is 0.0661. The van der Waals surface area contributed by atoms with E-state index in [1.807, 2.05) is 106 Å². The lowest BCUT2D eigenvalue weighted by molar-refractivity contribution is -0.116. The zero-order valence-electron chi connectivity index (χ0n) is 71.7. The second-order valence-electron chi connectivity index (χ2n) is 30.3. The fourth-order valence-electron chi connectivity index (χ4n) is 15.0. The van der Waals surface area contributed by atoms with Crippen molar-refractivity contribution in [1.82, 2.24) is 79.9 Å². The Hall–Kier alpha value is -13.8. The maximum absolute atomic E-state index is 12.9. The van der Waals surface area contributed by atoms with E-state index in [2.05, 4.69) is 134 Å². The summed E-state index contributed by atoms with van der Waals surface area (Å²) in [6, 6.07) is 19.0. The highest BCUT2D eigenvalue weighted by Crippen LogP contribution is 2.47. The molecule has 0 spiro atoms. The summed E-state index contributed by atoms with van der Waals surface area (Å²) in [5.74, 6) is 5.05. The number of anilines is 22. The summed E-state index contributed by atoms with van der Waals surface area (Å²) in [4.78, 5) is 154. The number of fused-ring (bicyclic) bond motifs is 10. The first-order chi connectivity index (χ1) is 60.0. The summed E-state index contributed by atoms with van der Waals surface area (Å²) < 4.78 is 11.1. The minimum absolute atomic E-state index is 0.0386. The summed E-state index contributed by atoms with van der Waals surface area (Å²) >= 11 is 5.84. The number of likely N-dealkylation sites (N-methyl/N-ethyl adjacent to an activating group) is 2. The first-order valence-corrected chi connectivity index (χ1v) is 42.9. The summed E-state index contributed by atoms with van der Waals surface area (Å²) in [6.07, 6.45) is 10.6. The van der Waals surface area contributed by atoms with Gasteiger partial charge in [-0.15, -0.1) is 45.3 Å². The van der Waals surface area contributed by atoms with Gasteiger partial charge in [-0.3, -0.25) is 28.8 Å². The van der Waals surface area contributed by atoms with Crippen LogP contribution in [0.4, 0.5) is 124 Å². The average molecular weight is 1760 g/mol. The highest BCUT2D eigenvalue weighted by molar-refractivity contribution is 7.17. The number of carbonyl (C=O) groups is 6. The molecule has 3 aromatic carbocycles. The fourth-order valence-corrected chi connectivity index (χ4v) is 18.4. The normalized spacial score (nSPS) is 15.1. The van der Waals surface area contributed by atoms with Crippen LogP contribution in [0.5, 0.6) is 11.5 Å². The maximum Gasteiger partial charge on any atom is 0.279 e. The molecule has 19 rings (SSSR count). The van der Waals surface area contributed by atoms with Crippen LogP contribution >= 0.6 is 45.3 Å². The second kappa shape index (κ2) is 34.8. The van der Waals surface area contributed by atoms with E-state index in [1.54, 1.807) is 95.1 Å². The molecule has 16 heterocycles. The molecule has 0 saturated carbocycles. The first-order valence-electron chi connectivity index (χ1n) is 39.6. The molecule has 9 aromatic heterocycles. The number of hydrogen-bond acceptors (Lipinski definition) is 36. The van der Waals surface area contributed by atoms with Gasteiger partial charge in [0.25, 0.3) is 29.5 Å². The Bertz CT molecular complexity index is 6270. The number of carbonyl (C=O) groups excluding carboxylic acids is 6. The Balaban J connectivity index is 0.000000123. The zero-order chi connectivity index (χ0) is 88.2. The predicted molar refractivity (Wildman–Crippen MR) is 489 cm³/mol. The third-order valence-corrected chi connectivity index (χ3v) is 26.0. The molecule has 38 nitrogen and oxygen atoms in total. The van der Waals surface area contributed by atoms with Gasteiger partial charge in [-0.05, 0) is 132 Å². The Morgan fingerprint density at radius 2 is 0.848 bits per heavy atom. The monoisotopic (exact) mass is 1760 g/mol. The summed E-state index contributed by atoms with van der Waals surface area (Å²) in [6.45, 7) is 13.6. The molecule has 42 heteroatoms. The number of aryl methyl sites for hydroxylation is 5. The van der Waals surface area contributed by atoms with E-state index in [0.29, 0.717) is 128 Å². The van der Waals surface area contributed by atoms with E-state index in [-0.39, 0.29) is 35.4 Å². The van der Waals surface area contributed by atoms with Gasteiger partial charge in [-0.2, -0.15) is 19.9 Å². The van der Waals surface area contributed by atoms with Crippen molar-refractivity contribution in [3.63, 3.8) is 0 Å². The van der Waals surface area contributed by atoms with Crippen molar-refractivity contribution in [2.75, 3.05) is 195 Å². The van der Waals surface area contributed by atoms with Crippen molar-refractivity contribution in [1.29, 1.82) is 0 Å². The third-order valence-electron chi connectivity index (χ3n) is 21.9. The number of aromatic nitrogens is 13. The van der Waals surface area contributed by atoms with E-state index in [9.17, 15) is 28.8 Å². The van der Waals surface area contributed by atoms with E-state index in [4.69, 9.17) is 19.4 Å². The van der Waals surface area contributed by atoms with Crippen molar-refractivity contribution < 1.29 is 38.2 Å². The molecular weight excluding hydrogens is 1670 g/mol. The highest BCUT2D eigenvalue weighted by atomic mass is 32.1. The van der Waals surface area contributed by atoms with Gasteiger partial charge in [0.2, 0.25) is 29.7 Å². The molecule has 6 N–H and O–H groups in total. The van der Waals surface area contributed by atoms with Gasteiger partial charge in [0, 0.05) is 126 Å². The number of piperazine rings is 1. The van der Waals surface area contributed by atoms with E-state index in [1.165, 1.54) is 73.4 Å². The number of methoxy groups -OCH3 is 2. The summed E-state index contributed by atoms with van der Waals surface area (Å²) in [5.41, 5.74) is 12.5. The number of nitrogens with zero attached hydrogens (tertiary/aromatic N) is 24. The zero-order valence-corrected chi connectivity index (χ0v) is 74.9. The van der Waals surface area contributed by atoms with Crippen LogP contribution in [-0.4, -0.2) is 235 Å². The molecule has 0 radical (unpaired) electrons. The molecule has 644 valence electrons. The number of pyridine rings is 1. The van der Waals surface area contributed by atoms with Crippen molar-refractivity contribution in [2.45, 2.75) is 53.5 Å². The standard InChI is InChI=1S/C22H25N7O2S.C21H25N9OS.C20H21N7O3S.C20H19N7O2S/c1-12-24-18-20(30)28(3)16-10-23-22(26-19(16)29(4)21(18)32-12)25-15-8-14-11-27(2)7-6-13(14)9-17(15)31-5;1-13-24-17-19(31)28(3)15-12-23-21(26-18(15)29(4)20(17)32-13)25-16-6-5-14(11-22-16)30-9-7-27(2)8-10-30;1-10-23-15-18(29)26(3)13-9-22-20(25-16(13)27(4)19(15)31-10)24-12-7-6-11(17(28)21-2)8-14(12)30-5;1-10-22-16-18(29)26(2)14-9-21-20(25-17(14)27(3)19(16)30-10)23-12-5-6-13-11(8-12)4-7-15(28)24-13/h8-10H,6-7,11H2,1-5H3,(H,23,25,26);5-6,11-12H,7-10H2,1-4H3,(H,22,23,25,26);6-9H,1-5H3,(H,21,28)(H,22,24,25);5-6,8-9H,4,7H2,1-3H3,(H,24,28)(H,21,23,25). The van der Waals surface area contributed by atoms with Gasteiger partial charge in [0.05, 0.1) is 82.3 Å². The molecule has 1 fully saturated rings. The van der Waals surface area contributed by atoms with Gasteiger partial charge >= 0.3 is 0 Å². The Labute approximate surface area is 735 Å². The van der Waals surface area contributed by atoms with Gasteiger partial charge in [-0.1, -0.05) is 0 Å². The fraction of sp³-hybridized carbons (Fsp3) is 0.313. The maximum atomic E-state index is 12.9. The van der Waals surface area contributed by atoms with Crippen LogP contribution in [0.15, 0.2) is 91.6 Å². The lowest BCUT2D eigenvalue weighted by Gasteiger charge is -2.33. The molecule has 125 heavy (non-hydrogen) atoms. The minimum atomic E-state index is -0.212. The number of hydrogen-bond donors (Lipinski definition) is 6. The molecule has 12 aromatic rings. The van der Waals surface area contributed by atoms with E-state index < -0.39 is 0 Å². The number of amides is 6. The number of rotatable bonds is 12. The van der Waals surface area contributed by atoms with E-state index >= 15 is 0 Å². The molecule has 7 aliphatic heterocycles. The molecule has 7 aliphatic rings. The number of benzene rings is 3. The molecule has 0 bridgehead atoms. The van der Waals surface area contributed by atoms with Crippen LogP contribution < -0.4 is 85.5 Å². The predicted octanol–water partition coefficient (Wildman–Crippen LogP) is 11.8. The van der Waals surface area contributed by atoms with Crippen LogP contribution in [-0.2, 0) is 24.2 Å². The Kier molecular flexibility index (Phi) is 23.6. The minimum Gasteiger partial charge on any atom is -0.495 e. The van der Waals surface area contributed by atoms with Gasteiger partial charge < -0.3 is 95.3 Å². The number of nitrogens with one attached hydrogen (secondary N) is 6. The van der Waals surface area contributed by atoms with Gasteiger partial charge in [0.15, 0.2) is 46.0 Å². The van der Waals surface area contributed by atoms with Crippen molar-refractivity contribution in [2.24, 2.45) is 0 Å². The molecule has 1 saturated heterocycles. The largest absolute Gasteiger partial charge is 0.495 e. The highest BCUT2D eigenvalue weighted by Gasteiger charge is 2.38. The second-order valence-corrected chi connectivity index (χ2v) is 35.0. The average Bonchev–Trinajstić information content (AvgIpc) is 1.73. The lowest BCUT2D eigenvalue weighted by Crippen LogP contribution is -2.44. The molecule has 0 atom stereocenters. The molecule has 0 unspecified atom stereocenters. The van der Waals surface area contributed by atoms with Crippen LogP contribution in [0.3, 0.4) is 0 Å². The third kappa shape index (κ3) is 16.9. The number of ether oxygens (including phenoxy) is 2. The topological polar surface area (TPSA) is 396 Å². The molecular formula is C83H90N30O8S4.